The van der Waals surface area contributed by atoms with Crippen LogP contribution in [-0.2, 0) is 0 Å². The number of hydrogen-bond acceptors (Lipinski definition) is 2. The smallest absolute Gasteiger partial charge is 0.176 e. The van der Waals surface area contributed by atoms with Gasteiger partial charge in [0.1, 0.15) is 0 Å². The second kappa shape index (κ2) is 8.66. The molecule has 0 saturated carbocycles. The summed E-state index contributed by atoms with van der Waals surface area (Å²) in [5, 5.41) is 0.909. The van der Waals surface area contributed by atoms with Crippen molar-refractivity contribution in [1.82, 2.24) is 4.90 Å². The van der Waals surface area contributed by atoms with E-state index in [0.29, 0.717) is 28.2 Å². The Labute approximate surface area is 132 Å². The van der Waals surface area contributed by atoms with Crippen molar-refractivity contribution in [3.63, 3.8) is 0 Å². The molecule has 0 fully saturated rings. The number of hydrogen-bond donors (Lipinski definition) is 0. The molecule has 112 valence electrons. The Morgan fingerprint density at radius 3 is 2.45 bits per heavy atom. The molecule has 0 atom stereocenters. The van der Waals surface area contributed by atoms with Gasteiger partial charge in [0, 0.05) is 11.6 Å². The monoisotopic (exact) mass is 315 g/mol. The topological polar surface area (TPSA) is 20.3 Å². The summed E-state index contributed by atoms with van der Waals surface area (Å²) < 4.78 is 0. The molecule has 4 heteroatoms. The van der Waals surface area contributed by atoms with Gasteiger partial charge in [0.15, 0.2) is 5.78 Å². The summed E-state index contributed by atoms with van der Waals surface area (Å²) in [7, 11) is 0. The molecule has 20 heavy (non-hydrogen) atoms. The maximum absolute atomic E-state index is 12.3. The van der Waals surface area contributed by atoms with Crippen molar-refractivity contribution in [3.8, 4) is 0 Å². The molecule has 0 heterocycles. The quantitative estimate of drug-likeness (QED) is 0.492. The Kier molecular flexibility index (Phi) is 7.57. The minimum atomic E-state index is 0.0914. The van der Waals surface area contributed by atoms with Gasteiger partial charge in [-0.25, -0.2) is 0 Å². The molecule has 0 aromatic heterocycles. The Balaban J connectivity index is 2.67. The molecule has 0 radical (unpaired) electrons. The first kappa shape index (κ1) is 17.5. The number of halogens is 2. The van der Waals surface area contributed by atoms with E-state index in [9.17, 15) is 4.79 Å². The molecule has 0 N–H and O–H groups in total. The number of nitrogens with zero attached hydrogens (tertiary/aromatic N) is 1. The molecule has 0 spiro atoms. The van der Waals surface area contributed by atoms with E-state index in [1.54, 1.807) is 18.2 Å². The van der Waals surface area contributed by atoms with Crippen LogP contribution in [0.3, 0.4) is 0 Å². The highest BCUT2D eigenvalue weighted by atomic mass is 35.5. The van der Waals surface area contributed by atoms with Gasteiger partial charge in [0.25, 0.3) is 0 Å². The molecule has 1 aromatic carbocycles. The van der Waals surface area contributed by atoms with Gasteiger partial charge in [-0.05, 0) is 45.0 Å². The predicted octanol–water partition coefficient (Wildman–Crippen LogP) is 5.08. The molecule has 1 rings (SSSR count). The standard InChI is InChI=1S/C16H23Cl2NO/c1-4-5-6-9-19(12(2)3)11-16(20)13-7-8-14(17)15(18)10-13/h7-8,10,12H,4-6,9,11H2,1-3H3. The third kappa shape index (κ3) is 5.43. The van der Waals surface area contributed by atoms with Gasteiger partial charge in [-0.2, -0.15) is 0 Å². The van der Waals surface area contributed by atoms with E-state index in [1.165, 1.54) is 12.8 Å². The van der Waals surface area contributed by atoms with Crippen LogP contribution in [0.1, 0.15) is 50.4 Å². The molecule has 0 bridgehead atoms. The summed E-state index contributed by atoms with van der Waals surface area (Å²) in [6, 6.07) is 5.42. The van der Waals surface area contributed by atoms with Crippen molar-refractivity contribution in [2.75, 3.05) is 13.1 Å². The maximum Gasteiger partial charge on any atom is 0.176 e. The van der Waals surface area contributed by atoms with Crippen molar-refractivity contribution in [3.05, 3.63) is 33.8 Å². The maximum atomic E-state index is 12.3. The van der Waals surface area contributed by atoms with Gasteiger partial charge in [-0.1, -0.05) is 43.0 Å². The first-order valence-electron chi connectivity index (χ1n) is 7.18. The van der Waals surface area contributed by atoms with E-state index in [4.69, 9.17) is 23.2 Å². The van der Waals surface area contributed by atoms with Crippen molar-refractivity contribution >= 4 is 29.0 Å². The highest BCUT2D eigenvalue weighted by Gasteiger charge is 2.15. The zero-order valence-electron chi connectivity index (χ0n) is 12.5. The summed E-state index contributed by atoms with van der Waals surface area (Å²) in [6.07, 6.45) is 3.51. The summed E-state index contributed by atoms with van der Waals surface area (Å²) >= 11 is 11.8. The van der Waals surface area contributed by atoms with Crippen molar-refractivity contribution in [2.24, 2.45) is 0 Å². The van der Waals surface area contributed by atoms with Crippen LogP contribution in [0.25, 0.3) is 0 Å². The Morgan fingerprint density at radius 2 is 1.90 bits per heavy atom. The van der Waals surface area contributed by atoms with Crippen LogP contribution >= 0.6 is 23.2 Å². The molecule has 0 aliphatic rings. The van der Waals surface area contributed by atoms with Gasteiger partial charge in [-0.15, -0.1) is 0 Å². The van der Waals surface area contributed by atoms with E-state index in [-0.39, 0.29) is 5.78 Å². The van der Waals surface area contributed by atoms with E-state index in [2.05, 4.69) is 25.7 Å². The normalized spacial score (nSPS) is 11.3. The van der Waals surface area contributed by atoms with Crippen molar-refractivity contribution < 1.29 is 4.79 Å². The number of unbranched alkanes of at least 4 members (excludes halogenated alkanes) is 2. The average molecular weight is 316 g/mol. The molecule has 1 aromatic rings. The fourth-order valence-corrected chi connectivity index (χ4v) is 2.33. The SMILES string of the molecule is CCCCCN(CC(=O)c1ccc(Cl)c(Cl)c1)C(C)C. The number of carbonyl (C=O) groups is 1. The van der Waals surface area contributed by atoms with Crippen LogP contribution in [0.2, 0.25) is 10.0 Å². The Hall–Kier alpha value is -0.570. The summed E-state index contributed by atoms with van der Waals surface area (Å²) in [6.45, 7) is 7.81. The highest BCUT2D eigenvalue weighted by molar-refractivity contribution is 6.42. The summed E-state index contributed by atoms with van der Waals surface area (Å²) in [5.41, 5.74) is 0.626. The minimum absolute atomic E-state index is 0.0914. The lowest BCUT2D eigenvalue weighted by atomic mass is 10.1. The van der Waals surface area contributed by atoms with Gasteiger partial charge >= 0.3 is 0 Å². The highest BCUT2D eigenvalue weighted by Crippen LogP contribution is 2.23. The van der Waals surface area contributed by atoms with Crippen LogP contribution < -0.4 is 0 Å². The molecule has 0 aliphatic heterocycles. The molecule has 0 unspecified atom stereocenters. The van der Waals surface area contributed by atoms with Gasteiger partial charge in [0.2, 0.25) is 0 Å². The number of benzene rings is 1. The van der Waals surface area contributed by atoms with Crippen LogP contribution in [0, 0.1) is 0 Å². The van der Waals surface area contributed by atoms with E-state index in [1.807, 2.05) is 0 Å². The predicted molar refractivity (Wildman–Crippen MR) is 87.0 cm³/mol. The van der Waals surface area contributed by atoms with Crippen LogP contribution in [0.4, 0.5) is 0 Å². The second-order valence-electron chi connectivity index (χ2n) is 5.32. The van der Waals surface area contributed by atoms with Crippen molar-refractivity contribution in [1.29, 1.82) is 0 Å². The summed E-state index contributed by atoms with van der Waals surface area (Å²) in [4.78, 5) is 14.5. The fourth-order valence-electron chi connectivity index (χ4n) is 2.03. The first-order chi connectivity index (χ1) is 9.45. The minimum Gasteiger partial charge on any atom is -0.293 e. The zero-order chi connectivity index (χ0) is 15.1. The zero-order valence-corrected chi connectivity index (χ0v) is 14.0. The number of rotatable bonds is 8. The fraction of sp³-hybridized carbons (Fsp3) is 0.562. The van der Waals surface area contributed by atoms with Crippen molar-refractivity contribution in [2.45, 2.75) is 46.1 Å². The Bertz CT molecular complexity index is 446. The first-order valence-corrected chi connectivity index (χ1v) is 7.93. The molecule has 0 aliphatic carbocycles. The lowest BCUT2D eigenvalue weighted by molar-refractivity contribution is 0.0904. The molecule has 2 nitrogen and oxygen atoms in total. The average Bonchev–Trinajstić information content (AvgIpc) is 2.40. The second-order valence-corrected chi connectivity index (χ2v) is 6.14. The third-order valence-electron chi connectivity index (χ3n) is 3.37. The number of carbonyl (C=O) groups excluding carboxylic acids is 1. The lowest BCUT2D eigenvalue weighted by Crippen LogP contribution is -2.36. The molecule has 0 saturated heterocycles. The van der Waals surface area contributed by atoms with Gasteiger partial charge < -0.3 is 0 Å². The van der Waals surface area contributed by atoms with E-state index >= 15 is 0 Å². The third-order valence-corrected chi connectivity index (χ3v) is 4.11. The Morgan fingerprint density at radius 1 is 1.20 bits per heavy atom. The van der Waals surface area contributed by atoms with Crippen LogP contribution in [0.5, 0.6) is 0 Å². The van der Waals surface area contributed by atoms with E-state index in [0.717, 1.165) is 13.0 Å². The molecular formula is C16H23Cl2NO. The molecular weight excluding hydrogens is 293 g/mol. The van der Waals surface area contributed by atoms with Crippen LogP contribution in [-0.4, -0.2) is 29.8 Å². The summed E-state index contributed by atoms with van der Waals surface area (Å²) in [5.74, 6) is 0.0914. The number of ketones is 1. The van der Waals surface area contributed by atoms with Gasteiger partial charge in [0.05, 0.1) is 16.6 Å². The lowest BCUT2D eigenvalue weighted by Gasteiger charge is -2.25. The molecule has 0 amide bonds. The largest absolute Gasteiger partial charge is 0.293 e. The van der Waals surface area contributed by atoms with E-state index < -0.39 is 0 Å². The van der Waals surface area contributed by atoms with Gasteiger partial charge in [-0.3, -0.25) is 9.69 Å². The number of Topliss-reactive ketones (excluding diaryl/α,β-unsaturated/α-hetero) is 1. The van der Waals surface area contributed by atoms with Crippen LogP contribution in [0.15, 0.2) is 18.2 Å².